The first-order chi connectivity index (χ1) is 13.7. The molecule has 0 radical (unpaired) electrons. The second-order valence-electron chi connectivity index (χ2n) is 6.98. The number of nitrogens with zero attached hydrogens (tertiary/aromatic N) is 2. The zero-order chi connectivity index (χ0) is 20.8. The molecule has 1 N–H and O–H groups in total. The highest BCUT2D eigenvalue weighted by molar-refractivity contribution is 7.90. The molecule has 1 aromatic heterocycles. The Bertz CT molecular complexity index is 1220. The lowest BCUT2D eigenvalue weighted by atomic mass is 10.1. The maximum atomic E-state index is 12.9. The van der Waals surface area contributed by atoms with Crippen molar-refractivity contribution in [2.45, 2.75) is 23.7 Å². The number of carbonyl (C=O) groups is 1. The Hall–Kier alpha value is -2.35. The third-order valence-corrected chi connectivity index (χ3v) is 6.32. The third-order valence-electron chi connectivity index (χ3n) is 4.67. The van der Waals surface area contributed by atoms with Crippen molar-refractivity contribution in [3.63, 3.8) is 0 Å². The highest BCUT2D eigenvalue weighted by Gasteiger charge is 2.33. The molecule has 1 heterocycles. The fourth-order valence-corrected chi connectivity index (χ4v) is 4.29. The monoisotopic (exact) mass is 449 g/mol. The maximum Gasteiger partial charge on any atom is 0.259 e. The molecule has 1 fully saturated rings. The van der Waals surface area contributed by atoms with Crippen molar-refractivity contribution in [1.82, 2.24) is 9.78 Å². The van der Waals surface area contributed by atoms with Crippen LogP contribution in [0.4, 0.5) is 5.69 Å². The van der Waals surface area contributed by atoms with E-state index in [-0.39, 0.29) is 16.7 Å². The van der Waals surface area contributed by atoms with Gasteiger partial charge in [-0.05, 0) is 49.2 Å². The molecule has 0 bridgehead atoms. The first-order valence-corrected chi connectivity index (χ1v) is 11.5. The lowest BCUT2D eigenvalue weighted by Gasteiger charge is -2.11. The van der Waals surface area contributed by atoms with Crippen molar-refractivity contribution in [2.24, 2.45) is 0 Å². The number of rotatable bonds is 5. The number of hydrogen-bond donors (Lipinski definition) is 1. The van der Waals surface area contributed by atoms with Crippen LogP contribution >= 0.6 is 23.2 Å². The van der Waals surface area contributed by atoms with E-state index in [1.54, 1.807) is 35.0 Å². The van der Waals surface area contributed by atoms with Crippen molar-refractivity contribution in [3.8, 4) is 5.69 Å². The van der Waals surface area contributed by atoms with Crippen LogP contribution in [0.3, 0.4) is 0 Å². The van der Waals surface area contributed by atoms with Gasteiger partial charge in [0.15, 0.2) is 9.84 Å². The van der Waals surface area contributed by atoms with E-state index in [0.717, 1.165) is 24.8 Å². The summed E-state index contributed by atoms with van der Waals surface area (Å²) in [6, 6.07) is 11.3. The van der Waals surface area contributed by atoms with Crippen LogP contribution < -0.4 is 5.32 Å². The molecular formula is C20H17Cl2N3O3S. The number of benzene rings is 2. The number of amides is 1. The Kier molecular flexibility index (Phi) is 5.14. The summed E-state index contributed by atoms with van der Waals surface area (Å²) in [5.74, 6) is -0.138. The Labute approximate surface area is 178 Å². The van der Waals surface area contributed by atoms with Crippen LogP contribution in [0.5, 0.6) is 0 Å². The van der Waals surface area contributed by atoms with E-state index in [2.05, 4.69) is 10.4 Å². The van der Waals surface area contributed by atoms with E-state index in [0.29, 0.717) is 27.0 Å². The molecular weight excluding hydrogens is 433 g/mol. The zero-order valence-corrected chi connectivity index (χ0v) is 17.7. The fourth-order valence-electron chi connectivity index (χ4n) is 3.13. The summed E-state index contributed by atoms with van der Waals surface area (Å²) in [6.45, 7) is 0. The van der Waals surface area contributed by atoms with Crippen LogP contribution in [0.15, 0.2) is 53.6 Å². The smallest absolute Gasteiger partial charge is 0.259 e. The van der Waals surface area contributed by atoms with Crippen LogP contribution in [-0.4, -0.2) is 30.4 Å². The van der Waals surface area contributed by atoms with Gasteiger partial charge in [-0.25, -0.2) is 13.1 Å². The lowest BCUT2D eigenvalue weighted by Crippen LogP contribution is -2.14. The predicted octanol–water partition coefficient (Wildman–Crippen LogP) is 4.71. The summed E-state index contributed by atoms with van der Waals surface area (Å²) in [7, 11) is -3.37. The maximum absolute atomic E-state index is 12.9. The average Bonchev–Trinajstić information content (AvgIpc) is 3.40. The molecule has 3 aromatic rings. The van der Waals surface area contributed by atoms with E-state index >= 15 is 0 Å². The Morgan fingerprint density at radius 3 is 2.59 bits per heavy atom. The molecule has 0 saturated heterocycles. The van der Waals surface area contributed by atoms with Crippen LogP contribution in [0.2, 0.25) is 10.0 Å². The lowest BCUT2D eigenvalue weighted by molar-refractivity contribution is 0.102. The first-order valence-electron chi connectivity index (χ1n) is 8.89. The molecule has 0 spiro atoms. The van der Waals surface area contributed by atoms with Crippen LogP contribution in [0, 0.1) is 0 Å². The number of sulfone groups is 1. The number of nitrogens with one attached hydrogen (secondary N) is 1. The topological polar surface area (TPSA) is 81.1 Å². The van der Waals surface area contributed by atoms with Gasteiger partial charge in [-0.2, -0.15) is 5.10 Å². The summed E-state index contributed by atoms with van der Waals surface area (Å²) in [5.41, 5.74) is 2.27. The molecule has 9 heteroatoms. The molecule has 29 heavy (non-hydrogen) atoms. The predicted molar refractivity (Wildman–Crippen MR) is 113 cm³/mol. The summed E-state index contributed by atoms with van der Waals surface area (Å²) in [6.07, 6.45) is 4.55. The normalized spacial score (nSPS) is 14.0. The molecule has 1 aliphatic rings. The van der Waals surface area contributed by atoms with Gasteiger partial charge in [0.1, 0.15) is 0 Å². The highest BCUT2D eigenvalue weighted by Crippen LogP contribution is 2.43. The Morgan fingerprint density at radius 2 is 1.93 bits per heavy atom. The average molecular weight is 450 g/mol. The number of anilines is 1. The molecule has 0 unspecified atom stereocenters. The zero-order valence-electron chi connectivity index (χ0n) is 15.4. The largest absolute Gasteiger partial charge is 0.322 e. The van der Waals surface area contributed by atoms with Gasteiger partial charge in [0, 0.05) is 22.9 Å². The summed E-state index contributed by atoms with van der Waals surface area (Å²) >= 11 is 12.3. The van der Waals surface area contributed by atoms with Gasteiger partial charge in [-0.1, -0.05) is 29.3 Å². The number of hydrogen-bond acceptors (Lipinski definition) is 4. The molecule has 0 atom stereocenters. The molecule has 2 aromatic carbocycles. The van der Waals surface area contributed by atoms with Crippen molar-refractivity contribution in [1.29, 1.82) is 0 Å². The number of aromatic nitrogens is 2. The quantitative estimate of drug-likeness (QED) is 0.611. The molecule has 150 valence electrons. The standard InChI is InChI=1S/C20H17Cl2N3O3S/c1-29(27,28)15-4-2-3-14(10-15)24-20(26)16-11-23-25(19(16)12-5-6-12)18-8-7-13(21)9-17(18)22/h2-4,7-12H,5-6H2,1H3,(H,24,26). The van der Waals surface area contributed by atoms with Crippen molar-refractivity contribution in [3.05, 3.63) is 70.0 Å². The van der Waals surface area contributed by atoms with Crippen molar-refractivity contribution < 1.29 is 13.2 Å². The minimum Gasteiger partial charge on any atom is -0.322 e. The van der Waals surface area contributed by atoms with Crippen LogP contribution in [0.25, 0.3) is 5.69 Å². The molecule has 1 amide bonds. The second kappa shape index (κ2) is 7.48. The Balaban J connectivity index is 1.69. The van der Waals surface area contributed by atoms with Gasteiger partial charge in [0.05, 0.1) is 33.1 Å². The van der Waals surface area contributed by atoms with Gasteiger partial charge in [-0.3, -0.25) is 4.79 Å². The summed E-state index contributed by atoms with van der Waals surface area (Å²) in [5, 5.41) is 8.12. The van der Waals surface area contributed by atoms with Gasteiger partial charge in [0.2, 0.25) is 0 Å². The van der Waals surface area contributed by atoms with Gasteiger partial charge >= 0.3 is 0 Å². The van der Waals surface area contributed by atoms with E-state index in [4.69, 9.17) is 23.2 Å². The van der Waals surface area contributed by atoms with E-state index in [1.165, 1.54) is 18.3 Å². The molecule has 0 aliphatic heterocycles. The molecule has 4 rings (SSSR count). The SMILES string of the molecule is CS(=O)(=O)c1cccc(NC(=O)c2cnn(-c3ccc(Cl)cc3Cl)c2C2CC2)c1. The Morgan fingerprint density at radius 1 is 1.17 bits per heavy atom. The molecule has 1 saturated carbocycles. The van der Waals surface area contributed by atoms with Crippen molar-refractivity contribution in [2.75, 3.05) is 11.6 Å². The van der Waals surface area contributed by atoms with E-state index < -0.39 is 9.84 Å². The van der Waals surface area contributed by atoms with E-state index in [9.17, 15) is 13.2 Å². The van der Waals surface area contributed by atoms with Gasteiger partial charge < -0.3 is 5.32 Å². The van der Waals surface area contributed by atoms with Gasteiger partial charge in [0.25, 0.3) is 5.91 Å². The summed E-state index contributed by atoms with van der Waals surface area (Å²) in [4.78, 5) is 13.1. The third kappa shape index (κ3) is 4.17. The van der Waals surface area contributed by atoms with Crippen molar-refractivity contribution >= 4 is 44.6 Å². The summed E-state index contributed by atoms with van der Waals surface area (Å²) < 4.78 is 25.2. The van der Waals surface area contributed by atoms with Crippen LogP contribution in [0.1, 0.15) is 34.8 Å². The number of halogens is 2. The highest BCUT2D eigenvalue weighted by atomic mass is 35.5. The fraction of sp³-hybridized carbons (Fsp3) is 0.200. The molecule has 6 nitrogen and oxygen atoms in total. The minimum atomic E-state index is -3.37. The van der Waals surface area contributed by atoms with Crippen LogP contribution in [-0.2, 0) is 9.84 Å². The minimum absolute atomic E-state index is 0.140. The first kappa shape index (κ1) is 19.9. The van der Waals surface area contributed by atoms with E-state index in [1.807, 2.05) is 0 Å². The molecule has 1 aliphatic carbocycles. The second-order valence-corrected chi connectivity index (χ2v) is 9.84. The van der Waals surface area contributed by atoms with Gasteiger partial charge in [-0.15, -0.1) is 0 Å². The number of carbonyl (C=O) groups excluding carboxylic acids is 1.